The number of nitrogens with one attached hydrogen (secondary N) is 1. The van der Waals surface area contributed by atoms with Crippen LogP contribution in [0.2, 0.25) is 0 Å². The van der Waals surface area contributed by atoms with Crippen LogP contribution < -0.4 is 5.32 Å². The van der Waals surface area contributed by atoms with Gasteiger partial charge in [-0.2, -0.15) is 18.3 Å². The van der Waals surface area contributed by atoms with E-state index in [0.717, 1.165) is 23.4 Å². The second kappa shape index (κ2) is 6.53. The number of rotatable bonds is 4. The SMILES string of the molecule is O=C(Nc1ccc(-n2cncn2)cc1)C1CC1c1ccc(C(F)(F)F)cc1. The molecule has 1 amide bonds. The molecule has 1 aliphatic carbocycles. The molecule has 1 N–H and O–H groups in total. The number of anilines is 1. The molecule has 0 radical (unpaired) electrons. The van der Waals surface area contributed by atoms with Gasteiger partial charge in [-0.15, -0.1) is 0 Å². The van der Waals surface area contributed by atoms with E-state index in [-0.39, 0.29) is 17.7 Å². The maximum atomic E-state index is 12.6. The van der Waals surface area contributed by atoms with E-state index >= 15 is 0 Å². The molecule has 1 aliphatic rings. The molecule has 0 aliphatic heterocycles. The zero-order valence-corrected chi connectivity index (χ0v) is 14.0. The fraction of sp³-hybridized carbons (Fsp3) is 0.211. The number of hydrogen-bond donors (Lipinski definition) is 1. The summed E-state index contributed by atoms with van der Waals surface area (Å²) in [7, 11) is 0. The highest BCUT2D eigenvalue weighted by atomic mass is 19.4. The normalized spacial score (nSPS) is 18.9. The Bertz CT molecular complexity index is 935. The number of aromatic nitrogens is 3. The molecule has 8 heteroatoms. The molecule has 1 fully saturated rings. The van der Waals surface area contributed by atoms with Crippen LogP contribution in [0.5, 0.6) is 0 Å². The average molecular weight is 372 g/mol. The fourth-order valence-electron chi connectivity index (χ4n) is 3.05. The van der Waals surface area contributed by atoms with Gasteiger partial charge in [0, 0.05) is 11.6 Å². The van der Waals surface area contributed by atoms with Crippen LogP contribution in [0.3, 0.4) is 0 Å². The quantitative estimate of drug-likeness (QED) is 0.752. The van der Waals surface area contributed by atoms with Gasteiger partial charge in [-0.05, 0) is 54.3 Å². The number of hydrogen-bond acceptors (Lipinski definition) is 3. The Morgan fingerprint density at radius 1 is 1.07 bits per heavy atom. The average Bonchev–Trinajstić information content (AvgIpc) is 3.27. The standard InChI is InChI=1S/C19H15F3N4O/c20-19(21,22)13-3-1-12(2-4-13)16-9-17(16)18(27)25-14-5-7-15(8-6-14)26-11-23-10-24-26/h1-8,10-11,16-17H,9H2,(H,25,27). The predicted molar refractivity (Wildman–Crippen MR) is 92.3 cm³/mol. The lowest BCUT2D eigenvalue weighted by atomic mass is 10.1. The highest BCUT2D eigenvalue weighted by Gasteiger charge is 2.44. The van der Waals surface area contributed by atoms with Crippen molar-refractivity contribution >= 4 is 11.6 Å². The number of benzene rings is 2. The summed E-state index contributed by atoms with van der Waals surface area (Å²) in [6.45, 7) is 0. The maximum absolute atomic E-state index is 12.6. The molecule has 3 aromatic rings. The monoisotopic (exact) mass is 372 g/mol. The van der Waals surface area contributed by atoms with Gasteiger partial charge in [-0.1, -0.05) is 12.1 Å². The first-order valence-electron chi connectivity index (χ1n) is 8.35. The lowest BCUT2D eigenvalue weighted by Gasteiger charge is -2.08. The van der Waals surface area contributed by atoms with E-state index in [4.69, 9.17) is 0 Å². The predicted octanol–water partition coefficient (Wildman–Crippen LogP) is 4.03. The van der Waals surface area contributed by atoms with Crippen molar-refractivity contribution in [1.82, 2.24) is 14.8 Å². The molecular formula is C19H15F3N4O. The summed E-state index contributed by atoms with van der Waals surface area (Å²) < 4.78 is 39.5. The van der Waals surface area contributed by atoms with Gasteiger partial charge in [0.15, 0.2) is 0 Å². The molecule has 1 heterocycles. The number of carbonyl (C=O) groups is 1. The summed E-state index contributed by atoms with van der Waals surface area (Å²) in [5.74, 6) is -0.396. The molecule has 4 rings (SSSR count). The van der Waals surface area contributed by atoms with Gasteiger partial charge in [0.1, 0.15) is 12.7 Å². The topological polar surface area (TPSA) is 59.8 Å². The second-order valence-corrected chi connectivity index (χ2v) is 6.44. The molecule has 0 saturated heterocycles. The summed E-state index contributed by atoms with van der Waals surface area (Å²) >= 11 is 0. The van der Waals surface area contributed by atoms with E-state index in [2.05, 4.69) is 15.4 Å². The Balaban J connectivity index is 1.37. The summed E-state index contributed by atoms with van der Waals surface area (Å²) in [6.07, 6.45) is -0.706. The Morgan fingerprint density at radius 2 is 1.78 bits per heavy atom. The van der Waals surface area contributed by atoms with Gasteiger partial charge in [0.05, 0.1) is 11.3 Å². The third-order valence-electron chi connectivity index (χ3n) is 4.61. The summed E-state index contributed by atoms with van der Waals surface area (Å²) in [6, 6.07) is 12.2. The molecular weight excluding hydrogens is 357 g/mol. The van der Waals surface area contributed by atoms with E-state index in [1.807, 2.05) is 12.1 Å². The first kappa shape index (κ1) is 17.3. The summed E-state index contributed by atoms with van der Waals surface area (Å²) in [5.41, 5.74) is 1.55. The lowest BCUT2D eigenvalue weighted by Crippen LogP contribution is -2.14. The highest BCUT2D eigenvalue weighted by Crippen LogP contribution is 2.48. The van der Waals surface area contributed by atoms with Crippen molar-refractivity contribution in [1.29, 1.82) is 0 Å². The van der Waals surface area contributed by atoms with Crippen LogP contribution in [0.15, 0.2) is 61.2 Å². The molecule has 5 nitrogen and oxygen atoms in total. The Labute approximate surface area is 152 Å². The van der Waals surface area contributed by atoms with Crippen molar-refractivity contribution in [2.24, 2.45) is 5.92 Å². The maximum Gasteiger partial charge on any atom is 0.416 e. The molecule has 0 bridgehead atoms. The van der Waals surface area contributed by atoms with Gasteiger partial charge in [-0.3, -0.25) is 4.79 Å². The molecule has 2 aromatic carbocycles. The van der Waals surface area contributed by atoms with Crippen molar-refractivity contribution in [3.05, 3.63) is 72.3 Å². The number of carbonyl (C=O) groups excluding carboxylic acids is 1. The van der Waals surface area contributed by atoms with E-state index in [0.29, 0.717) is 12.1 Å². The van der Waals surface area contributed by atoms with Crippen LogP contribution in [-0.4, -0.2) is 20.7 Å². The Hall–Kier alpha value is -3.16. The van der Waals surface area contributed by atoms with Crippen LogP contribution in [0, 0.1) is 5.92 Å². The molecule has 2 unspecified atom stereocenters. The van der Waals surface area contributed by atoms with Gasteiger partial charge >= 0.3 is 6.18 Å². The molecule has 0 spiro atoms. The van der Waals surface area contributed by atoms with Crippen molar-refractivity contribution in [3.63, 3.8) is 0 Å². The Morgan fingerprint density at radius 3 is 2.37 bits per heavy atom. The minimum atomic E-state index is -4.35. The number of alkyl halides is 3. The van der Waals surface area contributed by atoms with E-state index in [1.165, 1.54) is 18.5 Å². The third kappa shape index (κ3) is 3.69. The molecule has 27 heavy (non-hydrogen) atoms. The highest BCUT2D eigenvalue weighted by molar-refractivity contribution is 5.95. The summed E-state index contributed by atoms with van der Waals surface area (Å²) in [4.78, 5) is 16.3. The van der Waals surface area contributed by atoms with Crippen molar-refractivity contribution in [2.45, 2.75) is 18.5 Å². The zero-order chi connectivity index (χ0) is 19.0. The van der Waals surface area contributed by atoms with E-state index in [9.17, 15) is 18.0 Å². The molecule has 1 saturated carbocycles. The van der Waals surface area contributed by atoms with Gasteiger partial charge in [0.25, 0.3) is 0 Å². The minimum absolute atomic E-state index is 0.0401. The van der Waals surface area contributed by atoms with Crippen molar-refractivity contribution < 1.29 is 18.0 Å². The van der Waals surface area contributed by atoms with E-state index in [1.54, 1.807) is 23.1 Å². The minimum Gasteiger partial charge on any atom is -0.326 e. The number of amides is 1. The number of nitrogens with zero attached hydrogens (tertiary/aromatic N) is 3. The fourth-order valence-corrected chi connectivity index (χ4v) is 3.05. The van der Waals surface area contributed by atoms with Crippen LogP contribution in [0.4, 0.5) is 18.9 Å². The van der Waals surface area contributed by atoms with E-state index < -0.39 is 11.7 Å². The van der Waals surface area contributed by atoms with Crippen LogP contribution in [0.1, 0.15) is 23.5 Å². The Kier molecular flexibility index (Phi) is 4.18. The smallest absolute Gasteiger partial charge is 0.326 e. The number of halogens is 3. The van der Waals surface area contributed by atoms with Gasteiger partial charge in [-0.25, -0.2) is 9.67 Å². The van der Waals surface area contributed by atoms with Gasteiger partial charge < -0.3 is 5.32 Å². The largest absolute Gasteiger partial charge is 0.416 e. The molecule has 1 aromatic heterocycles. The van der Waals surface area contributed by atoms with Gasteiger partial charge in [0.2, 0.25) is 5.91 Å². The van der Waals surface area contributed by atoms with Crippen LogP contribution >= 0.6 is 0 Å². The van der Waals surface area contributed by atoms with Crippen LogP contribution in [-0.2, 0) is 11.0 Å². The van der Waals surface area contributed by atoms with Crippen LogP contribution in [0.25, 0.3) is 5.69 Å². The van der Waals surface area contributed by atoms with Crippen molar-refractivity contribution in [3.8, 4) is 5.69 Å². The summed E-state index contributed by atoms with van der Waals surface area (Å²) in [5, 5.41) is 6.88. The van der Waals surface area contributed by atoms with Crippen molar-refractivity contribution in [2.75, 3.05) is 5.32 Å². The molecule has 2 atom stereocenters. The lowest BCUT2D eigenvalue weighted by molar-refractivity contribution is -0.137. The zero-order valence-electron chi connectivity index (χ0n) is 14.0. The first-order valence-corrected chi connectivity index (χ1v) is 8.35. The first-order chi connectivity index (χ1) is 12.9. The molecule has 138 valence electrons. The third-order valence-corrected chi connectivity index (χ3v) is 4.61. The second-order valence-electron chi connectivity index (χ2n) is 6.44.